The van der Waals surface area contributed by atoms with Crippen LogP contribution in [0.15, 0.2) is 47.4 Å². The molecule has 0 spiro atoms. The molecule has 5 nitrogen and oxygen atoms in total. The Balaban J connectivity index is 2.38. The van der Waals surface area contributed by atoms with Crippen molar-refractivity contribution < 1.29 is 13.8 Å². The fourth-order valence-electron chi connectivity index (χ4n) is 3.27. The molecule has 0 aromatic heterocycles. The van der Waals surface area contributed by atoms with Crippen molar-refractivity contribution in [3.63, 3.8) is 0 Å². The van der Waals surface area contributed by atoms with Crippen LogP contribution in [0.5, 0.6) is 0 Å². The lowest BCUT2D eigenvalue weighted by molar-refractivity contribution is -0.173. The number of nitrogens with one attached hydrogen (secondary N) is 1. The van der Waals surface area contributed by atoms with E-state index in [1.165, 1.54) is 12.2 Å². The van der Waals surface area contributed by atoms with Crippen LogP contribution in [0.4, 0.5) is 0 Å². The lowest BCUT2D eigenvalue weighted by Gasteiger charge is -2.27. The maximum atomic E-state index is 13.2. The van der Waals surface area contributed by atoms with E-state index in [1.807, 2.05) is 70.2 Å². The highest BCUT2D eigenvalue weighted by Crippen LogP contribution is 2.27. The van der Waals surface area contributed by atoms with E-state index in [0.717, 1.165) is 27.1 Å². The van der Waals surface area contributed by atoms with Gasteiger partial charge < -0.3 is 0 Å². The SMILES string of the molecule is CON(C)C(=O)[C@H](C)[C@@H](NS(=O)c1c(C)cc(C)cc1C)c1ccccc1. The second-order valence-corrected chi connectivity index (χ2v) is 7.99. The predicted molar refractivity (Wildman–Crippen MR) is 108 cm³/mol. The first-order chi connectivity index (χ1) is 12.8. The Hall–Kier alpha value is -2.02. The van der Waals surface area contributed by atoms with Gasteiger partial charge in [0.1, 0.15) is 11.0 Å². The summed E-state index contributed by atoms with van der Waals surface area (Å²) >= 11 is 0. The van der Waals surface area contributed by atoms with Gasteiger partial charge in [-0.3, -0.25) is 9.63 Å². The van der Waals surface area contributed by atoms with Gasteiger partial charge >= 0.3 is 0 Å². The van der Waals surface area contributed by atoms with Crippen molar-refractivity contribution in [2.75, 3.05) is 14.2 Å². The smallest absolute Gasteiger partial charge is 0.250 e. The average molecular weight is 389 g/mol. The van der Waals surface area contributed by atoms with Crippen LogP contribution in [0, 0.1) is 26.7 Å². The van der Waals surface area contributed by atoms with Crippen molar-refractivity contribution in [1.29, 1.82) is 0 Å². The molecule has 2 aromatic carbocycles. The molecule has 2 rings (SSSR count). The molecule has 1 unspecified atom stereocenters. The number of carbonyl (C=O) groups excluding carboxylic acids is 1. The van der Waals surface area contributed by atoms with Crippen molar-refractivity contribution in [1.82, 2.24) is 9.79 Å². The third-order valence-electron chi connectivity index (χ3n) is 4.66. The van der Waals surface area contributed by atoms with E-state index >= 15 is 0 Å². The van der Waals surface area contributed by atoms with Crippen LogP contribution in [0.25, 0.3) is 0 Å². The number of hydrogen-bond donors (Lipinski definition) is 1. The molecule has 6 heteroatoms. The normalized spacial score (nSPS) is 14.4. The Morgan fingerprint density at radius 2 is 1.67 bits per heavy atom. The van der Waals surface area contributed by atoms with Gasteiger partial charge in [-0.15, -0.1) is 0 Å². The maximum absolute atomic E-state index is 13.2. The van der Waals surface area contributed by atoms with Gasteiger partial charge in [0.25, 0.3) is 5.91 Å². The molecule has 0 aliphatic rings. The highest BCUT2D eigenvalue weighted by molar-refractivity contribution is 7.83. The van der Waals surface area contributed by atoms with E-state index in [1.54, 1.807) is 7.05 Å². The quantitative estimate of drug-likeness (QED) is 0.737. The minimum atomic E-state index is -1.46. The molecule has 0 aliphatic heterocycles. The van der Waals surface area contributed by atoms with Crippen LogP contribution in [0.1, 0.15) is 35.2 Å². The van der Waals surface area contributed by atoms with Crippen LogP contribution in [-0.2, 0) is 20.6 Å². The zero-order chi connectivity index (χ0) is 20.1. The number of rotatable bonds is 7. The number of hydrogen-bond acceptors (Lipinski definition) is 3. The molecule has 146 valence electrons. The molecule has 0 fully saturated rings. The van der Waals surface area contributed by atoms with E-state index in [4.69, 9.17) is 4.84 Å². The number of nitrogens with zero attached hydrogens (tertiary/aromatic N) is 1. The van der Waals surface area contributed by atoms with Crippen molar-refractivity contribution in [2.45, 2.75) is 38.6 Å². The number of hydroxylamine groups is 2. The first kappa shape index (κ1) is 21.3. The van der Waals surface area contributed by atoms with E-state index in [-0.39, 0.29) is 5.91 Å². The summed E-state index contributed by atoms with van der Waals surface area (Å²) in [6.07, 6.45) is 0. The molecule has 0 saturated carbocycles. The summed E-state index contributed by atoms with van der Waals surface area (Å²) in [4.78, 5) is 18.5. The summed E-state index contributed by atoms with van der Waals surface area (Å²) in [7, 11) is 1.57. The largest absolute Gasteiger partial charge is 0.275 e. The summed E-state index contributed by atoms with van der Waals surface area (Å²) in [6, 6.07) is 13.2. The van der Waals surface area contributed by atoms with Crippen LogP contribution in [0.2, 0.25) is 0 Å². The minimum absolute atomic E-state index is 0.187. The van der Waals surface area contributed by atoms with Crippen LogP contribution < -0.4 is 4.72 Å². The topological polar surface area (TPSA) is 58.6 Å². The zero-order valence-electron chi connectivity index (χ0n) is 16.8. The zero-order valence-corrected chi connectivity index (χ0v) is 17.6. The van der Waals surface area contributed by atoms with E-state index < -0.39 is 22.9 Å². The lowest BCUT2D eigenvalue weighted by Crippen LogP contribution is -2.39. The van der Waals surface area contributed by atoms with Crippen LogP contribution in [-0.4, -0.2) is 29.3 Å². The van der Waals surface area contributed by atoms with Crippen LogP contribution in [0.3, 0.4) is 0 Å². The van der Waals surface area contributed by atoms with Crippen molar-refractivity contribution in [3.05, 3.63) is 64.7 Å². The summed E-state index contributed by atoms with van der Waals surface area (Å²) in [5, 5.41) is 1.20. The summed E-state index contributed by atoms with van der Waals surface area (Å²) in [5.74, 6) is -0.652. The molecular weight excluding hydrogens is 360 g/mol. The summed E-state index contributed by atoms with van der Waals surface area (Å²) < 4.78 is 16.4. The molecule has 0 heterocycles. The third-order valence-corrected chi connectivity index (χ3v) is 6.14. The van der Waals surface area contributed by atoms with Crippen molar-refractivity contribution >= 4 is 16.9 Å². The van der Waals surface area contributed by atoms with E-state index in [0.29, 0.717) is 0 Å². The minimum Gasteiger partial charge on any atom is -0.275 e. The van der Waals surface area contributed by atoms with Gasteiger partial charge in [0.05, 0.1) is 24.0 Å². The first-order valence-electron chi connectivity index (χ1n) is 8.88. The number of aryl methyl sites for hydroxylation is 3. The van der Waals surface area contributed by atoms with E-state index in [2.05, 4.69) is 4.72 Å². The Morgan fingerprint density at radius 3 is 2.19 bits per heavy atom. The number of carbonyl (C=O) groups is 1. The molecule has 0 bridgehead atoms. The molecule has 27 heavy (non-hydrogen) atoms. The van der Waals surface area contributed by atoms with Gasteiger partial charge in [-0.25, -0.2) is 14.0 Å². The molecule has 1 amide bonds. The summed E-state index contributed by atoms with van der Waals surface area (Å²) in [6.45, 7) is 7.75. The molecule has 2 aromatic rings. The van der Waals surface area contributed by atoms with Gasteiger partial charge in [-0.2, -0.15) is 0 Å². The van der Waals surface area contributed by atoms with Crippen molar-refractivity contribution in [2.24, 2.45) is 5.92 Å². The van der Waals surface area contributed by atoms with Gasteiger partial charge in [-0.05, 0) is 37.5 Å². The van der Waals surface area contributed by atoms with Crippen LogP contribution >= 0.6 is 0 Å². The monoisotopic (exact) mass is 388 g/mol. The fourth-order valence-corrected chi connectivity index (χ4v) is 4.66. The standard InChI is InChI=1S/C21H28N2O3S/c1-14-12-15(2)20(16(3)13-14)27(25)22-19(18-10-8-7-9-11-18)17(4)21(24)23(5)26-6/h7-13,17,19,22H,1-6H3/t17-,19-,27?/m1/s1. The second kappa shape index (κ2) is 9.26. The Labute approximate surface area is 164 Å². The Kier molecular flexibility index (Phi) is 7.30. The molecular formula is C21H28N2O3S. The number of amides is 1. The second-order valence-electron chi connectivity index (χ2n) is 6.81. The predicted octanol–water partition coefficient (Wildman–Crippen LogP) is 3.62. The highest BCUT2D eigenvalue weighted by Gasteiger charge is 2.30. The van der Waals surface area contributed by atoms with Gasteiger partial charge in [0.2, 0.25) is 0 Å². The third kappa shape index (κ3) is 5.03. The van der Waals surface area contributed by atoms with Gasteiger partial charge in [0.15, 0.2) is 0 Å². The highest BCUT2D eigenvalue weighted by atomic mass is 32.2. The molecule has 0 saturated heterocycles. The van der Waals surface area contributed by atoms with Crippen molar-refractivity contribution in [3.8, 4) is 0 Å². The average Bonchev–Trinajstić information content (AvgIpc) is 2.64. The summed E-state index contributed by atoms with van der Waals surface area (Å²) in [5.41, 5.74) is 3.98. The number of benzene rings is 2. The maximum Gasteiger partial charge on any atom is 0.250 e. The fraction of sp³-hybridized carbons (Fsp3) is 0.381. The first-order valence-corrected chi connectivity index (χ1v) is 10.0. The molecule has 0 radical (unpaired) electrons. The molecule has 3 atom stereocenters. The van der Waals surface area contributed by atoms with E-state index in [9.17, 15) is 9.00 Å². The van der Waals surface area contributed by atoms with Gasteiger partial charge in [-0.1, -0.05) is 55.0 Å². The molecule has 0 aliphatic carbocycles. The lowest BCUT2D eigenvalue weighted by atomic mass is 9.94. The Bertz CT molecular complexity index is 800. The Morgan fingerprint density at radius 1 is 1.11 bits per heavy atom. The van der Waals surface area contributed by atoms with Gasteiger partial charge in [0, 0.05) is 7.05 Å². The molecule has 1 N–H and O–H groups in total.